The summed E-state index contributed by atoms with van der Waals surface area (Å²) in [6, 6.07) is 0. The first-order valence-electron chi connectivity index (χ1n) is 5.74. The third kappa shape index (κ3) is 2.50. The quantitative estimate of drug-likeness (QED) is 0.567. The third-order valence-corrected chi connectivity index (χ3v) is 3.04. The van der Waals surface area contributed by atoms with Gasteiger partial charge in [0.1, 0.15) is 12.3 Å². The Hall–Kier alpha value is -1.77. The normalized spacial score (nSPS) is 26.6. The maximum Gasteiger partial charge on any atom is 0.330 e. The molecule has 0 spiro atoms. The molecule has 1 saturated heterocycles. The second-order valence-electron chi connectivity index (χ2n) is 4.38. The van der Waals surface area contributed by atoms with E-state index in [4.69, 9.17) is 9.84 Å². The van der Waals surface area contributed by atoms with Gasteiger partial charge >= 0.3 is 5.69 Å². The monoisotopic (exact) mass is 270 g/mol. The minimum absolute atomic E-state index is 0.0918. The molecule has 0 bridgehead atoms. The first-order chi connectivity index (χ1) is 8.93. The second kappa shape index (κ2) is 5.08. The van der Waals surface area contributed by atoms with Crippen LogP contribution >= 0.6 is 0 Å². The van der Waals surface area contributed by atoms with Gasteiger partial charge in [-0.1, -0.05) is 0 Å². The lowest BCUT2D eigenvalue weighted by Gasteiger charge is -2.14. The van der Waals surface area contributed by atoms with E-state index in [1.807, 2.05) is 4.98 Å². The van der Waals surface area contributed by atoms with Crippen LogP contribution in [-0.4, -0.2) is 44.4 Å². The number of H-pyrrole nitrogens is 1. The number of ether oxygens (including phenoxy) is 1. The lowest BCUT2D eigenvalue weighted by atomic mass is 10.2. The van der Waals surface area contributed by atoms with Gasteiger partial charge in [0.15, 0.2) is 5.78 Å². The number of hydrogen-bond donors (Lipinski definition) is 3. The molecule has 0 unspecified atom stereocenters. The van der Waals surface area contributed by atoms with Crippen LogP contribution in [0.25, 0.3) is 0 Å². The van der Waals surface area contributed by atoms with Crippen molar-refractivity contribution in [2.75, 3.05) is 6.61 Å². The maximum atomic E-state index is 11.7. The fourth-order valence-corrected chi connectivity index (χ4v) is 2.00. The molecule has 8 heteroatoms. The van der Waals surface area contributed by atoms with Crippen molar-refractivity contribution >= 4 is 5.78 Å². The molecule has 8 nitrogen and oxygen atoms in total. The highest BCUT2D eigenvalue weighted by atomic mass is 16.5. The molecule has 19 heavy (non-hydrogen) atoms. The van der Waals surface area contributed by atoms with Gasteiger partial charge < -0.3 is 14.9 Å². The summed E-state index contributed by atoms with van der Waals surface area (Å²) in [5, 5.41) is 18.6. The van der Waals surface area contributed by atoms with Crippen molar-refractivity contribution < 1.29 is 19.7 Å². The number of carbonyl (C=O) groups is 1. The molecule has 1 aliphatic rings. The summed E-state index contributed by atoms with van der Waals surface area (Å²) < 4.78 is 6.33. The summed E-state index contributed by atoms with van der Waals surface area (Å²) in [4.78, 5) is 36.4. The zero-order chi connectivity index (χ0) is 14.2. The van der Waals surface area contributed by atoms with Gasteiger partial charge in [-0.3, -0.25) is 19.1 Å². The van der Waals surface area contributed by atoms with Gasteiger partial charge in [0, 0.05) is 12.6 Å². The predicted octanol–water partition coefficient (Wildman–Crippen LogP) is -1.62. The van der Waals surface area contributed by atoms with Crippen molar-refractivity contribution in [3.05, 3.63) is 32.6 Å². The van der Waals surface area contributed by atoms with Crippen LogP contribution in [0.3, 0.4) is 0 Å². The number of hydrogen-bond acceptors (Lipinski definition) is 6. The van der Waals surface area contributed by atoms with Crippen LogP contribution in [0.2, 0.25) is 0 Å². The average molecular weight is 270 g/mol. The maximum absolute atomic E-state index is 11.7. The number of carbonyl (C=O) groups excluding carboxylic acids is 1. The first kappa shape index (κ1) is 13.7. The van der Waals surface area contributed by atoms with E-state index in [9.17, 15) is 19.5 Å². The molecular formula is C11H14N2O6. The topological polar surface area (TPSA) is 122 Å². The largest absolute Gasteiger partial charge is 0.394 e. The van der Waals surface area contributed by atoms with Gasteiger partial charge in [0.25, 0.3) is 5.56 Å². The number of ketones is 1. The molecule has 1 aromatic rings. The Bertz CT molecular complexity index is 604. The molecule has 0 aliphatic carbocycles. The van der Waals surface area contributed by atoms with Gasteiger partial charge in [-0.15, -0.1) is 0 Å². The van der Waals surface area contributed by atoms with Crippen LogP contribution in [0.15, 0.2) is 15.8 Å². The SMILES string of the molecule is CC(=O)c1cn([C@@H]2C[C@H](O)[C@H](CO)O2)c(=O)[nH]c1=O. The number of rotatable bonds is 3. The Morgan fingerprint density at radius 3 is 2.79 bits per heavy atom. The number of nitrogens with zero attached hydrogens (tertiary/aromatic N) is 1. The Kier molecular flexibility index (Phi) is 3.65. The molecule has 0 amide bonds. The molecule has 0 saturated carbocycles. The van der Waals surface area contributed by atoms with Gasteiger partial charge in [0.2, 0.25) is 0 Å². The zero-order valence-electron chi connectivity index (χ0n) is 10.2. The minimum Gasteiger partial charge on any atom is -0.394 e. The highest BCUT2D eigenvalue weighted by molar-refractivity contribution is 5.93. The van der Waals surface area contributed by atoms with Crippen molar-refractivity contribution in [2.24, 2.45) is 0 Å². The summed E-state index contributed by atoms with van der Waals surface area (Å²) >= 11 is 0. The van der Waals surface area contributed by atoms with Gasteiger partial charge in [-0.05, 0) is 6.92 Å². The van der Waals surface area contributed by atoms with E-state index in [2.05, 4.69) is 0 Å². The van der Waals surface area contributed by atoms with Crippen molar-refractivity contribution in [3.8, 4) is 0 Å². The van der Waals surface area contributed by atoms with Crippen molar-refractivity contribution in [2.45, 2.75) is 31.8 Å². The molecule has 3 N–H and O–H groups in total. The highest BCUT2D eigenvalue weighted by Gasteiger charge is 2.35. The van der Waals surface area contributed by atoms with Gasteiger partial charge in [-0.25, -0.2) is 4.79 Å². The molecule has 0 aromatic carbocycles. The Balaban J connectivity index is 2.41. The molecular weight excluding hydrogens is 256 g/mol. The first-order valence-corrected chi connectivity index (χ1v) is 5.74. The summed E-state index contributed by atoms with van der Waals surface area (Å²) in [6.45, 7) is 0.829. The molecule has 1 fully saturated rings. The molecule has 2 heterocycles. The third-order valence-electron chi connectivity index (χ3n) is 3.04. The van der Waals surface area contributed by atoms with Crippen molar-refractivity contribution in [1.82, 2.24) is 9.55 Å². The minimum atomic E-state index is -0.908. The van der Waals surface area contributed by atoms with Crippen molar-refractivity contribution in [3.63, 3.8) is 0 Å². The van der Waals surface area contributed by atoms with Gasteiger partial charge in [-0.2, -0.15) is 0 Å². The lowest BCUT2D eigenvalue weighted by molar-refractivity contribution is -0.0459. The molecule has 3 atom stereocenters. The molecule has 0 radical (unpaired) electrons. The summed E-state index contributed by atoms with van der Waals surface area (Å²) in [6.07, 6.45) is -1.32. The van der Waals surface area contributed by atoms with Crippen LogP contribution in [0.5, 0.6) is 0 Å². The lowest BCUT2D eigenvalue weighted by Crippen LogP contribution is -2.35. The number of Topliss-reactive ketones (excluding diaryl/α,β-unsaturated/α-hetero) is 1. The van der Waals surface area contributed by atoms with E-state index in [0.29, 0.717) is 0 Å². The second-order valence-corrected chi connectivity index (χ2v) is 4.38. The number of aromatic amines is 1. The van der Waals surface area contributed by atoms with Crippen LogP contribution in [0.4, 0.5) is 0 Å². The standard InChI is InChI=1S/C11H14N2O6/c1-5(15)6-3-13(11(18)12-10(6)17)9-2-7(16)8(4-14)19-9/h3,7-9,14,16H,2,4H2,1H3,(H,12,17,18)/t7-,8-,9-/m0/s1. The van der Waals surface area contributed by atoms with E-state index in [0.717, 1.165) is 10.8 Å². The Labute approximate surface area is 107 Å². The Morgan fingerprint density at radius 2 is 2.26 bits per heavy atom. The molecule has 2 rings (SSSR count). The van der Waals surface area contributed by atoms with Crippen LogP contribution in [-0.2, 0) is 4.74 Å². The van der Waals surface area contributed by atoms with Crippen LogP contribution < -0.4 is 11.2 Å². The number of nitrogens with one attached hydrogen (secondary N) is 1. The van der Waals surface area contributed by atoms with E-state index < -0.39 is 35.5 Å². The van der Waals surface area contributed by atoms with E-state index in [1.165, 1.54) is 6.92 Å². The van der Waals surface area contributed by atoms with Gasteiger partial charge in [0.05, 0.1) is 18.3 Å². The smallest absolute Gasteiger partial charge is 0.330 e. The van der Waals surface area contributed by atoms with E-state index in [1.54, 1.807) is 0 Å². The predicted molar refractivity (Wildman–Crippen MR) is 62.9 cm³/mol. The summed E-state index contributed by atoms with van der Waals surface area (Å²) in [7, 11) is 0. The van der Waals surface area contributed by atoms with Crippen LogP contribution in [0, 0.1) is 0 Å². The fourth-order valence-electron chi connectivity index (χ4n) is 2.00. The average Bonchev–Trinajstić information content (AvgIpc) is 2.69. The summed E-state index contributed by atoms with van der Waals surface area (Å²) in [5.74, 6) is -0.479. The number of aromatic nitrogens is 2. The van der Waals surface area contributed by atoms with E-state index in [-0.39, 0.29) is 18.6 Å². The molecule has 104 valence electrons. The Morgan fingerprint density at radius 1 is 1.58 bits per heavy atom. The fraction of sp³-hybridized carbons (Fsp3) is 0.545. The highest BCUT2D eigenvalue weighted by Crippen LogP contribution is 2.27. The van der Waals surface area contributed by atoms with Crippen LogP contribution in [0.1, 0.15) is 29.9 Å². The number of aliphatic hydroxyl groups excluding tert-OH is 2. The molecule has 1 aliphatic heterocycles. The summed E-state index contributed by atoms with van der Waals surface area (Å²) in [5.41, 5.74) is -1.65. The van der Waals surface area contributed by atoms with Crippen molar-refractivity contribution in [1.29, 1.82) is 0 Å². The number of aliphatic hydroxyl groups is 2. The van der Waals surface area contributed by atoms with E-state index >= 15 is 0 Å². The molecule has 1 aromatic heterocycles. The zero-order valence-corrected chi connectivity index (χ0v) is 10.2.